The molecular formula is C12H12FN3O2S2. The number of nitrogens with two attached hydrogens (primary N) is 1. The van der Waals surface area contributed by atoms with Crippen molar-refractivity contribution < 1.29 is 13.9 Å². The summed E-state index contributed by atoms with van der Waals surface area (Å²) in [5, 5.41) is 3.94. The maximum absolute atomic E-state index is 12.5. The van der Waals surface area contributed by atoms with Crippen molar-refractivity contribution >= 4 is 30.5 Å². The molecule has 0 aliphatic carbocycles. The predicted octanol–water partition coefficient (Wildman–Crippen LogP) is 2.27. The van der Waals surface area contributed by atoms with Crippen molar-refractivity contribution in [3.05, 3.63) is 41.6 Å². The Morgan fingerprint density at radius 2 is 2.30 bits per heavy atom. The summed E-state index contributed by atoms with van der Waals surface area (Å²) < 4.78 is 19.3. The van der Waals surface area contributed by atoms with Gasteiger partial charge in [-0.15, -0.1) is 5.10 Å². The first-order chi connectivity index (χ1) is 9.61. The number of carbonyl (C=O) groups excluding carboxylic acids is 1. The molecule has 0 radical (unpaired) electrons. The van der Waals surface area contributed by atoms with E-state index >= 15 is 0 Å². The van der Waals surface area contributed by atoms with Crippen LogP contribution in [0.3, 0.4) is 0 Å². The average Bonchev–Trinajstić information content (AvgIpc) is 2.83. The topological polar surface area (TPSA) is 70.1 Å². The second-order valence-corrected chi connectivity index (χ2v) is 5.12. The molecule has 0 unspecified atom stereocenters. The van der Waals surface area contributed by atoms with Crippen LogP contribution in [-0.4, -0.2) is 21.1 Å². The molecular weight excluding hydrogens is 301 g/mol. The van der Waals surface area contributed by atoms with Gasteiger partial charge in [-0.3, -0.25) is 4.79 Å². The van der Waals surface area contributed by atoms with E-state index < -0.39 is 11.9 Å². The van der Waals surface area contributed by atoms with Crippen LogP contribution in [0.15, 0.2) is 35.4 Å². The van der Waals surface area contributed by atoms with Crippen molar-refractivity contribution in [1.29, 1.82) is 0 Å². The van der Waals surface area contributed by atoms with Crippen LogP contribution in [0.2, 0.25) is 0 Å². The molecule has 0 bridgehead atoms. The zero-order valence-electron chi connectivity index (χ0n) is 10.3. The van der Waals surface area contributed by atoms with Crippen LogP contribution < -0.4 is 10.5 Å². The summed E-state index contributed by atoms with van der Waals surface area (Å²) in [6, 6.07) is 5.99. The van der Waals surface area contributed by atoms with Gasteiger partial charge >= 0.3 is 0 Å². The van der Waals surface area contributed by atoms with E-state index in [-0.39, 0.29) is 6.61 Å². The SMILES string of the molecule is NC(=O)c1cccc(SCF)c1COc1ccn(S)n1. The molecule has 2 N–H and O–H groups in total. The zero-order chi connectivity index (χ0) is 14.5. The van der Waals surface area contributed by atoms with E-state index in [2.05, 4.69) is 17.9 Å². The molecule has 5 nitrogen and oxygen atoms in total. The molecule has 0 aliphatic rings. The number of ether oxygens (including phenoxy) is 1. The number of aromatic nitrogens is 2. The van der Waals surface area contributed by atoms with Crippen LogP contribution in [0.1, 0.15) is 15.9 Å². The minimum absolute atomic E-state index is 0.0756. The number of amides is 1. The molecule has 2 rings (SSSR count). The molecule has 0 saturated carbocycles. The summed E-state index contributed by atoms with van der Waals surface area (Å²) in [6.07, 6.45) is 1.61. The molecule has 1 amide bonds. The molecule has 20 heavy (non-hydrogen) atoms. The highest BCUT2D eigenvalue weighted by Crippen LogP contribution is 2.27. The van der Waals surface area contributed by atoms with E-state index in [1.165, 1.54) is 4.09 Å². The number of benzene rings is 1. The number of nitrogens with zero attached hydrogens (tertiary/aromatic N) is 2. The second-order valence-electron chi connectivity index (χ2n) is 3.76. The lowest BCUT2D eigenvalue weighted by Crippen LogP contribution is -2.15. The van der Waals surface area contributed by atoms with E-state index in [4.69, 9.17) is 10.5 Å². The van der Waals surface area contributed by atoms with Gasteiger partial charge in [0.1, 0.15) is 12.6 Å². The van der Waals surface area contributed by atoms with E-state index in [9.17, 15) is 9.18 Å². The highest BCUT2D eigenvalue weighted by atomic mass is 32.2. The Morgan fingerprint density at radius 3 is 2.90 bits per heavy atom. The Bertz CT molecular complexity index is 618. The Hall–Kier alpha value is -1.67. The maximum Gasteiger partial charge on any atom is 0.249 e. The van der Waals surface area contributed by atoms with Crippen LogP contribution in [0.5, 0.6) is 5.88 Å². The minimum atomic E-state index is -0.597. The predicted molar refractivity (Wildman–Crippen MR) is 77.7 cm³/mol. The molecule has 2 aromatic rings. The molecule has 0 aliphatic heterocycles. The Labute approximate surface area is 124 Å². The number of carbonyl (C=O) groups is 1. The first-order valence-electron chi connectivity index (χ1n) is 5.60. The lowest BCUT2D eigenvalue weighted by atomic mass is 10.1. The third kappa shape index (κ3) is 3.45. The van der Waals surface area contributed by atoms with Gasteiger partial charge in [-0.2, -0.15) is 0 Å². The summed E-state index contributed by atoms with van der Waals surface area (Å²) >= 11 is 4.97. The van der Waals surface area contributed by atoms with Crippen molar-refractivity contribution in [2.45, 2.75) is 11.5 Å². The van der Waals surface area contributed by atoms with E-state index in [1.807, 2.05) is 0 Å². The second kappa shape index (κ2) is 6.67. The third-order valence-electron chi connectivity index (χ3n) is 2.52. The molecule has 0 atom stereocenters. The van der Waals surface area contributed by atoms with E-state index in [0.29, 0.717) is 21.9 Å². The number of rotatable bonds is 6. The first kappa shape index (κ1) is 14.7. The van der Waals surface area contributed by atoms with Gasteiger partial charge in [0.25, 0.3) is 0 Å². The molecule has 106 valence electrons. The highest BCUT2D eigenvalue weighted by molar-refractivity contribution is 7.99. The monoisotopic (exact) mass is 313 g/mol. The lowest BCUT2D eigenvalue weighted by molar-refractivity contribution is 0.0997. The average molecular weight is 313 g/mol. The number of hydrogen-bond donors (Lipinski definition) is 2. The van der Waals surface area contributed by atoms with Crippen molar-refractivity contribution in [1.82, 2.24) is 9.19 Å². The standard InChI is InChI=1S/C12H12FN3O2S2/c13-7-20-10-3-1-2-8(12(14)17)9(10)6-18-11-4-5-16(19)15-11/h1-5,19H,6-7H2,(H2,14,17). The fourth-order valence-corrected chi connectivity index (χ4v) is 2.45. The van der Waals surface area contributed by atoms with Crippen molar-refractivity contribution in [2.24, 2.45) is 5.73 Å². The van der Waals surface area contributed by atoms with Gasteiger partial charge in [0, 0.05) is 28.3 Å². The number of thioether (sulfide) groups is 1. The number of alkyl halides is 1. The van der Waals surface area contributed by atoms with E-state index in [0.717, 1.165) is 11.8 Å². The molecule has 0 spiro atoms. The summed E-state index contributed by atoms with van der Waals surface area (Å²) in [5.74, 6) is -0.222. The molecule has 1 aromatic heterocycles. The number of thiol groups is 1. The van der Waals surface area contributed by atoms with Crippen LogP contribution in [0, 0.1) is 0 Å². The zero-order valence-corrected chi connectivity index (χ0v) is 12.0. The fourth-order valence-electron chi connectivity index (χ4n) is 1.66. The Balaban J connectivity index is 2.25. The quantitative estimate of drug-likeness (QED) is 0.634. The number of primary amides is 1. The summed E-state index contributed by atoms with van der Waals surface area (Å²) in [5.41, 5.74) is 6.19. The largest absolute Gasteiger partial charge is 0.472 e. The maximum atomic E-state index is 12.5. The molecule has 0 saturated heterocycles. The van der Waals surface area contributed by atoms with E-state index in [1.54, 1.807) is 30.5 Å². The molecule has 1 heterocycles. The Morgan fingerprint density at radius 1 is 1.50 bits per heavy atom. The van der Waals surface area contributed by atoms with Gasteiger partial charge in [0.2, 0.25) is 11.8 Å². The van der Waals surface area contributed by atoms with Crippen molar-refractivity contribution in [3.8, 4) is 5.88 Å². The first-order valence-corrected chi connectivity index (χ1v) is 6.98. The normalized spacial score (nSPS) is 10.5. The minimum Gasteiger partial charge on any atom is -0.472 e. The molecule has 1 aromatic carbocycles. The lowest BCUT2D eigenvalue weighted by Gasteiger charge is -2.11. The van der Waals surface area contributed by atoms with Crippen molar-refractivity contribution in [2.75, 3.05) is 6.01 Å². The summed E-state index contributed by atoms with van der Waals surface area (Å²) in [6.45, 7) is 0.0756. The summed E-state index contributed by atoms with van der Waals surface area (Å²) in [7, 11) is 0. The van der Waals surface area contributed by atoms with Gasteiger partial charge in [-0.05, 0) is 24.9 Å². The van der Waals surface area contributed by atoms with Gasteiger partial charge in [-0.1, -0.05) is 17.8 Å². The van der Waals surface area contributed by atoms with Crippen LogP contribution in [0.4, 0.5) is 4.39 Å². The Kier molecular flexibility index (Phi) is 4.91. The fraction of sp³-hybridized carbons (Fsp3) is 0.167. The highest BCUT2D eigenvalue weighted by Gasteiger charge is 2.14. The number of hydrogen-bond acceptors (Lipinski definition) is 5. The smallest absolute Gasteiger partial charge is 0.249 e. The van der Waals surface area contributed by atoms with Gasteiger partial charge in [0.05, 0.1) is 0 Å². The molecule has 0 fully saturated rings. The number of halogens is 1. The van der Waals surface area contributed by atoms with Crippen LogP contribution in [0.25, 0.3) is 0 Å². The van der Waals surface area contributed by atoms with Gasteiger partial charge in [-0.25, -0.2) is 8.48 Å². The van der Waals surface area contributed by atoms with Crippen LogP contribution >= 0.6 is 24.6 Å². The van der Waals surface area contributed by atoms with Gasteiger partial charge < -0.3 is 10.5 Å². The molecule has 8 heteroatoms. The van der Waals surface area contributed by atoms with Crippen LogP contribution in [-0.2, 0) is 6.61 Å². The summed E-state index contributed by atoms with van der Waals surface area (Å²) in [4.78, 5) is 12.0. The van der Waals surface area contributed by atoms with Crippen molar-refractivity contribution in [3.63, 3.8) is 0 Å². The third-order valence-corrected chi connectivity index (χ3v) is 3.55. The van der Waals surface area contributed by atoms with Gasteiger partial charge in [0.15, 0.2) is 0 Å².